The predicted molar refractivity (Wildman–Crippen MR) is 117 cm³/mol. The van der Waals surface area contributed by atoms with Gasteiger partial charge in [0.05, 0.1) is 18.8 Å². The molecule has 0 atom stereocenters. The van der Waals surface area contributed by atoms with Gasteiger partial charge in [0.2, 0.25) is 5.91 Å². The summed E-state index contributed by atoms with van der Waals surface area (Å²) < 4.78 is 28.0. The number of nitrogens with zero attached hydrogens (tertiary/aromatic N) is 4. The van der Waals surface area contributed by atoms with Crippen molar-refractivity contribution in [2.75, 3.05) is 11.4 Å². The van der Waals surface area contributed by atoms with Gasteiger partial charge >= 0.3 is 5.69 Å². The molecule has 0 aliphatic carbocycles. The maximum Gasteiger partial charge on any atom is 0.346 e. The number of carbonyl (C=O) groups excluding carboxylic acids is 1. The number of anilines is 2. The molecule has 3 aromatic rings. The van der Waals surface area contributed by atoms with Gasteiger partial charge in [0.15, 0.2) is 0 Å². The highest BCUT2D eigenvalue weighted by Crippen LogP contribution is 2.37. The molecular formula is C23H23F2N5O2. The number of benzene rings is 2. The van der Waals surface area contributed by atoms with Gasteiger partial charge in [-0.1, -0.05) is 30.3 Å². The number of aryl methyl sites for hydroxylation is 2. The van der Waals surface area contributed by atoms with Gasteiger partial charge in [0.25, 0.3) is 6.08 Å². The zero-order valence-electron chi connectivity index (χ0n) is 17.6. The number of fused-ring (bicyclic) bond motifs is 1. The Bertz CT molecular complexity index is 1260. The second kappa shape index (κ2) is 8.88. The predicted octanol–water partition coefficient (Wildman–Crippen LogP) is 3.12. The number of aromatic nitrogens is 3. The minimum Gasteiger partial charge on any atom is -0.327 e. The molecule has 9 heteroatoms. The van der Waals surface area contributed by atoms with E-state index < -0.39 is 11.8 Å². The molecule has 0 bridgehead atoms. The second-order valence-corrected chi connectivity index (χ2v) is 7.75. The Morgan fingerprint density at radius 1 is 1.12 bits per heavy atom. The van der Waals surface area contributed by atoms with Crippen molar-refractivity contribution in [2.24, 2.45) is 5.73 Å². The fourth-order valence-corrected chi connectivity index (χ4v) is 3.95. The largest absolute Gasteiger partial charge is 0.346 e. The van der Waals surface area contributed by atoms with Gasteiger partial charge in [-0.2, -0.15) is 13.9 Å². The summed E-state index contributed by atoms with van der Waals surface area (Å²) in [6.07, 6.45) is 0.544. The van der Waals surface area contributed by atoms with Crippen LogP contribution >= 0.6 is 0 Å². The third kappa shape index (κ3) is 4.11. The monoisotopic (exact) mass is 439 g/mol. The van der Waals surface area contributed by atoms with Crippen LogP contribution in [-0.2, 0) is 24.3 Å². The first-order valence-electron chi connectivity index (χ1n) is 10.2. The van der Waals surface area contributed by atoms with E-state index in [1.807, 2.05) is 49.4 Å². The summed E-state index contributed by atoms with van der Waals surface area (Å²) in [4.78, 5) is 27.1. The highest BCUT2D eigenvalue weighted by Gasteiger charge is 2.27. The summed E-state index contributed by atoms with van der Waals surface area (Å²) in [6, 6.07) is 13.4. The van der Waals surface area contributed by atoms with E-state index in [9.17, 15) is 18.4 Å². The third-order valence-electron chi connectivity index (χ3n) is 5.58. The van der Waals surface area contributed by atoms with Gasteiger partial charge in [-0.3, -0.25) is 14.3 Å². The van der Waals surface area contributed by atoms with Crippen molar-refractivity contribution in [3.05, 3.63) is 87.6 Å². The van der Waals surface area contributed by atoms with Gasteiger partial charge in [0.1, 0.15) is 6.33 Å². The Balaban J connectivity index is 1.63. The molecule has 2 aromatic carbocycles. The molecule has 1 aliphatic heterocycles. The van der Waals surface area contributed by atoms with Gasteiger partial charge in [-0.15, -0.1) is 0 Å². The molecule has 2 N–H and O–H groups in total. The first-order valence-corrected chi connectivity index (χ1v) is 10.2. The topological polar surface area (TPSA) is 86.2 Å². The van der Waals surface area contributed by atoms with Crippen LogP contribution in [0.5, 0.6) is 0 Å². The molecule has 32 heavy (non-hydrogen) atoms. The van der Waals surface area contributed by atoms with Gasteiger partial charge in [-0.05, 0) is 42.2 Å². The lowest BCUT2D eigenvalue weighted by Crippen LogP contribution is -2.31. The molecule has 166 valence electrons. The van der Waals surface area contributed by atoms with Crippen LogP contribution in [-0.4, -0.2) is 26.8 Å². The second-order valence-electron chi connectivity index (χ2n) is 7.75. The molecule has 0 saturated carbocycles. The van der Waals surface area contributed by atoms with Crippen LogP contribution in [0.3, 0.4) is 0 Å². The number of carbonyl (C=O) groups is 1. The zero-order chi connectivity index (χ0) is 22.8. The number of nitrogens with two attached hydrogens (primary N) is 1. The normalized spacial score (nSPS) is 13.2. The molecule has 2 heterocycles. The lowest BCUT2D eigenvalue weighted by Gasteiger charge is -2.31. The van der Waals surface area contributed by atoms with Crippen LogP contribution in [0.1, 0.15) is 23.1 Å². The van der Waals surface area contributed by atoms with E-state index in [-0.39, 0.29) is 31.1 Å². The van der Waals surface area contributed by atoms with E-state index in [4.69, 9.17) is 5.73 Å². The van der Waals surface area contributed by atoms with Crippen molar-refractivity contribution in [1.82, 2.24) is 14.3 Å². The number of hydrogen-bond donors (Lipinski definition) is 1. The minimum atomic E-state index is -1.90. The Morgan fingerprint density at radius 3 is 2.66 bits per heavy atom. The van der Waals surface area contributed by atoms with E-state index >= 15 is 0 Å². The quantitative estimate of drug-likeness (QED) is 0.640. The number of amides is 1. The fraction of sp³-hybridized carbons (Fsp3) is 0.261. The number of rotatable bonds is 6. The molecule has 0 saturated heterocycles. The van der Waals surface area contributed by atoms with Crippen LogP contribution in [0.15, 0.2) is 65.2 Å². The third-order valence-corrected chi connectivity index (χ3v) is 5.58. The highest BCUT2D eigenvalue weighted by molar-refractivity contribution is 6.03. The van der Waals surface area contributed by atoms with Crippen LogP contribution in [0, 0.1) is 6.92 Å². The molecule has 0 radical (unpaired) electrons. The average Bonchev–Trinajstić information content (AvgIpc) is 3.11. The molecule has 7 nitrogen and oxygen atoms in total. The lowest BCUT2D eigenvalue weighted by atomic mass is 9.97. The van der Waals surface area contributed by atoms with E-state index in [1.54, 1.807) is 4.90 Å². The number of halogens is 2. The SMILES string of the molecule is Cc1cccc2c1N(c1cccc(Cn3cnn(CC(CN)=C(F)F)c3=O)c1)C(=O)CC2. The number of hydrogen-bond acceptors (Lipinski definition) is 4. The van der Waals surface area contributed by atoms with Gasteiger partial charge < -0.3 is 5.73 Å². The Labute approximate surface area is 183 Å². The van der Waals surface area contributed by atoms with E-state index in [1.165, 1.54) is 10.9 Å². The minimum absolute atomic E-state index is 0.0169. The number of para-hydroxylation sites is 1. The van der Waals surface area contributed by atoms with Crippen molar-refractivity contribution in [1.29, 1.82) is 0 Å². The Hall–Kier alpha value is -3.59. The van der Waals surface area contributed by atoms with Crippen LogP contribution in [0.4, 0.5) is 20.2 Å². The van der Waals surface area contributed by atoms with Crippen molar-refractivity contribution >= 4 is 17.3 Å². The van der Waals surface area contributed by atoms with E-state index in [2.05, 4.69) is 5.10 Å². The van der Waals surface area contributed by atoms with Crippen LogP contribution < -0.4 is 16.3 Å². The first kappa shape index (κ1) is 21.6. The Kier molecular flexibility index (Phi) is 6.00. The summed E-state index contributed by atoms with van der Waals surface area (Å²) in [6.45, 7) is 1.46. The maximum absolute atomic E-state index is 12.9. The molecule has 1 amide bonds. The summed E-state index contributed by atoms with van der Waals surface area (Å²) in [5.41, 5.74) is 9.01. The van der Waals surface area contributed by atoms with Gasteiger partial charge in [-0.25, -0.2) is 9.48 Å². The summed E-state index contributed by atoms with van der Waals surface area (Å²) >= 11 is 0. The summed E-state index contributed by atoms with van der Waals surface area (Å²) in [5, 5.41) is 3.93. The van der Waals surface area contributed by atoms with Crippen molar-refractivity contribution in [3.8, 4) is 0 Å². The highest BCUT2D eigenvalue weighted by atomic mass is 19.3. The molecule has 4 rings (SSSR count). The van der Waals surface area contributed by atoms with Crippen molar-refractivity contribution < 1.29 is 13.6 Å². The lowest BCUT2D eigenvalue weighted by molar-refractivity contribution is -0.118. The maximum atomic E-state index is 12.9. The molecule has 1 aliphatic rings. The molecule has 0 spiro atoms. The molecule has 0 unspecified atom stereocenters. The zero-order valence-corrected chi connectivity index (χ0v) is 17.6. The fourth-order valence-electron chi connectivity index (χ4n) is 3.95. The van der Waals surface area contributed by atoms with E-state index in [0.29, 0.717) is 12.8 Å². The molecule has 0 fully saturated rings. The average molecular weight is 439 g/mol. The first-order chi connectivity index (χ1) is 15.4. The standard InChI is InChI=1S/C23H23F2N5O2/c1-15-4-2-6-17-8-9-20(31)30(21(15)17)19-7-3-5-16(10-19)12-28-14-27-29(23(28)32)13-18(11-26)22(24)25/h2-7,10,14H,8-9,11-13,26H2,1H3. The summed E-state index contributed by atoms with van der Waals surface area (Å²) in [5.74, 6) is 0.0169. The molecular weight excluding hydrogens is 416 g/mol. The van der Waals surface area contributed by atoms with Gasteiger partial charge in [0, 0.05) is 24.2 Å². The smallest absolute Gasteiger partial charge is 0.327 e. The van der Waals surface area contributed by atoms with Crippen molar-refractivity contribution in [3.63, 3.8) is 0 Å². The summed E-state index contributed by atoms with van der Waals surface area (Å²) in [7, 11) is 0. The Morgan fingerprint density at radius 2 is 1.91 bits per heavy atom. The van der Waals surface area contributed by atoms with Crippen molar-refractivity contribution in [2.45, 2.75) is 32.9 Å². The van der Waals surface area contributed by atoms with Crippen LogP contribution in [0.2, 0.25) is 0 Å². The van der Waals surface area contributed by atoms with Crippen LogP contribution in [0.25, 0.3) is 0 Å². The molecule has 1 aromatic heterocycles. The van der Waals surface area contributed by atoms with E-state index in [0.717, 1.165) is 32.7 Å².